The molecule has 4 saturated heterocycles. The fraction of sp³-hybridized carbons (Fsp3) is 0.891. The normalized spacial score (nSPS) is 49.7. The molecule has 0 aliphatic carbocycles. The molecule has 0 amide bonds. The molecule has 5 aliphatic rings. The van der Waals surface area contributed by atoms with Crippen LogP contribution < -0.4 is 0 Å². The van der Waals surface area contributed by atoms with Gasteiger partial charge < -0.3 is 64.2 Å². The van der Waals surface area contributed by atoms with E-state index in [1.54, 1.807) is 13.8 Å². The fourth-order valence-electron chi connectivity index (χ4n) is 10.1. The summed E-state index contributed by atoms with van der Waals surface area (Å²) in [6, 6.07) is 0. The standard InChI is InChI=1S/C46H78O14/c1-9-32(47)20-35-28(3)14-18-45(59-35)24-38-29(4)39(60-45)25-46(54)31(19-27(2)26-56-46)13-11-10-12-16-43(6,52)23-33(36-22-37(55-8)42(51)30(5)57-36)34(48)21-40(49)44(7,53)17-15-41(50)58-38/h11,13,15,17,27-40,42,47-49,51-54H,9-10,12,14,16,18-26H2,1-8H3/b13-11-,17-15-. The van der Waals surface area contributed by atoms with E-state index in [2.05, 4.69) is 13.8 Å². The van der Waals surface area contributed by atoms with E-state index in [1.165, 1.54) is 14.0 Å². The molecule has 0 aromatic heterocycles. The molecule has 4 fully saturated rings. The third kappa shape index (κ3) is 12.4. The van der Waals surface area contributed by atoms with Gasteiger partial charge in [-0.05, 0) is 90.0 Å². The molecule has 0 aromatic rings. The molecule has 7 N–H and O–H groups in total. The number of rotatable bonds is 5. The van der Waals surface area contributed by atoms with Crippen molar-refractivity contribution in [1.29, 1.82) is 0 Å². The number of carbonyl (C=O) groups is 1. The van der Waals surface area contributed by atoms with Gasteiger partial charge in [-0.1, -0.05) is 39.8 Å². The van der Waals surface area contributed by atoms with Crippen molar-refractivity contribution in [3.8, 4) is 0 Å². The zero-order valence-electron chi connectivity index (χ0n) is 37.4. The molecular weight excluding hydrogens is 776 g/mol. The van der Waals surface area contributed by atoms with E-state index in [0.29, 0.717) is 51.6 Å². The summed E-state index contributed by atoms with van der Waals surface area (Å²) < 4.78 is 37.8. The van der Waals surface area contributed by atoms with Crippen LogP contribution in [0.2, 0.25) is 0 Å². The first-order chi connectivity index (χ1) is 28.1. The van der Waals surface area contributed by atoms with Gasteiger partial charge in [0.2, 0.25) is 0 Å². The van der Waals surface area contributed by atoms with Crippen molar-refractivity contribution in [3.63, 3.8) is 0 Å². The molecule has 60 heavy (non-hydrogen) atoms. The second-order valence-electron chi connectivity index (χ2n) is 19.8. The quantitative estimate of drug-likeness (QED) is 0.153. The highest BCUT2D eigenvalue weighted by Gasteiger charge is 2.55. The highest BCUT2D eigenvalue weighted by molar-refractivity contribution is 5.82. The van der Waals surface area contributed by atoms with Crippen molar-refractivity contribution in [2.75, 3.05) is 13.7 Å². The Kier molecular flexibility index (Phi) is 16.9. The number of fused-ring (bicyclic) bond motifs is 3. The second kappa shape index (κ2) is 20.5. The van der Waals surface area contributed by atoms with Crippen molar-refractivity contribution >= 4 is 5.97 Å². The number of allylic oxidation sites excluding steroid dienone is 1. The van der Waals surface area contributed by atoms with Gasteiger partial charge in [-0.2, -0.15) is 0 Å². The van der Waals surface area contributed by atoms with E-state index in [9.17, 15) is 40.5 Å². The summed E-state index contributed by atoms with van der Waals surface area (Å²) in [5.41, 5.74) is -3.24. The van der Waals surface area contributed by atoms with E-state index in [0.717, 1.165) is 18.6 Å². The third-order valence-electron chi connectivity index (χ3n) is 14.4. The molecule has 19 unspecified atom stereocenters. The maximum absolute atomic E-state index is 13.7. The molecular formula is C46H78O14. The number of ether oxygens (including phenoxy) is 6. The van der Waals surface area contributed by atoms with Crippen LogP contribution in [-0.4, -0.2) is 139 Å². The Morgan fingerprint density at radius 1 is 0.933 bits per heavy atom. The molecule has 5 rings (SSSR count). The lowest BCUT2D eigenvalue weighted by Gasteiger charge is -2.53. The number of carbonyl (C=O) groups excluding carboxylic acids is 1. The summed E-state index contributed by atoms with van der Waals surface area (Å²) >= 11 is 0. The minimum absolute atomic E-state index is 0.0881. The molecule has 5 aliphatic heterocycles. The number of methoxy groups -OCH3 is 1. The monoisotopic (exact) mass is 855 g/mol. The maximum atomic E-state index is 13.7. The number of esters is 1. The molecule has 0 radical (unpaired) electrons. The minimum atomic E-state index is -1.98. The summed E-state index contributed by atoms with van der Waals surface area (Å²) in [6.45, 7) is 13.1. The van der Waals surface area contributed by atoms with Crippen LogP contribution in [0.4, 0.5) is 0 Å². The van der Waals surface area contributed by atoms with Gasteiger partial charge in [-0.15, -0.1) is 0 Å². The van der Waals surface area contributed by atoms with Crippen LogP contribution >= 0.6 is 0 Å². The Hall–Kier alpha value is -1.53. The second-order valence-corrected chi connectivity index (χ2v) is 19.8. The molecule has 5 heterocycles. The van der Waals surface area contributed by atoms with Crippen molar-refractivity contribution in [2.24, 2.45) is 29.6 Å². The first kappa shape index (κ1) is 49.5. The largest absolute Gasteiger partial charge is 0.459 e. The summed E-state index contributed by atoms with van der Waals surface area (Å²) in [7, 11) is 1.50. The van der Waals surface area contributed by atoms with Crippen LogP contribution in [0, 0.1) is 29.6 Å². The highest BCUT2D eigenvalue weighted by Crippen LogP contribution is 2.48. The average molecular weight is 855 g/mol. The van der Waals surface area contributed by atoms with Crippen molar-refractivity contribution < 1.29 is 69.0 Å². The zero-order chi connectivity index (χ0) is 44.2. The topological polar surface area (TPSA) is 214 Å². The molecule has 14 nitrogen and oxygen atoms in total. The molecule has 14 heteroatoms. The van der Waals surface area contributed by atoms with Crippen molar-refractivity contribution in [3.05, 3.63) is 24.3 Å². The SMILES string of the molecule is CCC(O)CC1OC2(CCC1C)CC1OC(=O)/C=C\C(C)(O)C(O)CC(O)C(C3CC(OC)C(O)C(C)O3)CC(C)(O)CCC/C=C\C3CC(C)COC3(O)CC(O2)C1C. The van der Waals surface area contributed by atoms with E-state index in [4.69, 9.17) is 28.4 Å². The van der Waals surface area contributed by atoms with Gasteiger partial charge in [-0.25, -0.2) is 4.79 Å². The van der Waals surface area contributed by atoms with Gasteiger partial charge in [0.1, 0.15) is 17.8 Å². The Labute approximate surface area is 357 Å². The van der Waals surface area contributed by atoms with E-state index < -0.39 is 95.5 Å². The highest BCUT2D eigenvalue weighted by atomic mass is 16.7. The lowest BCUT2D eigenvalue weighted by atomic mass is 9.76. The lowest BCUT2D eigenvalue weighted by molar-refractivity contribution is -0.362. The Morgan fingerprint density at radius 2 is 1.67 bits per heavy atom. The molecule has 1 spiro atoms. The van der Waals surface area contributed by atoms with Gasteiger partial charge in [0, 0.05) is 63.0 Å². The van der Waals surface area contributed by atoms with Crippen LogP contribution in [-0.2, 0) is 33.2 Å². The fourth-order valence-corrected chi connectivity index (χ4v) is 10.1. The van der Waals surface area contributed by atoms with Crippen molar-refractivity contribution in [1.82, 2.24) is 0 Å². The maximum Gasteiger partial charge on any atom is 0.330 e. The van der Waals surface area contributed by atoms with Crippen molar-refractivity contribution in [2.45, 2.75) is 216 Å². The van der Waals surface area contributed by atoms with Crippen LogP contribution in [0.5, 0.6) is 0 Å². The molecule has 346 valence electrons. The Bertz CT molecular complexity index is 1440. The van der Waals surface area contributed by atoms with Gasteiger partial charge in [0.15, 0.2) is 11.6 Å². The van der Waals surface area contributed by atoms with Gasteiger partial charge in [0.05, 0.1) is 61.0 Å². The summed E-state index contributed by atoms with van der Waals surface area (Å²) in [4.78, 5) is 13.7. The van der Waals surface area contributed by atoms with E-state index in [-0.39, 0.29) is 56.0 Å². The predicted molar refractivity (Wildman–Crippen MR) is 222 cm³/mol. The molecule has 19 atom stereocenters. The smallest absolute Gasteiger partial charge is 0.330 e. The van der Waals surface area contributed by atoms with Gasteiger partial charge in [0.25, 0.3) is 0 Å². The Morgan fingerprint density at radius 3 is 2.37 bits per heavy atom. The third-order valence-corrected chi connectivity index (χ3v) is 14.4. The summed E-state index contributed by atoms with van der Waals surface area (Å²) in [5.74, 6) is -4.67. The van der Waals surface area contributed by atoms with Gasteiger partial charge >= 0.3 is 5.97 Å². The summed E-state index contributed by atoms with van der Waals surface area (Å²) in [6.07, 6.45) is 3.37. The number of aliphatic hydroxyl groups excluding tert-OH is 4. The number of hydrogen-bond donors (Lipinski definition) is 7. The van der Waals surface area contributed by atoms with Crippen LogP contribution in [0.3, 0.4) is 0 Å². The first-order valence-electron chi connectivity index (χ1n) is 22.7. The first-order valence-corrected chi connectivity index (χ1v) is 22.7. The summed E-state index contributed by atoms with van der Waals surface area (Å²) in [5, 5.41) is 80.1. The average Bonchev–Trinajstić information content (AvgIpc) is 3.18. The lowest BCUT2D eigenvalue weighted by Crippen LogP contribution is -2.59. The van der Waals surface area contributed by atoms with Crippen LogP contribution in [0.25, 0.3) is 0 Å². The Balaban J connectivity index is 1.47. The molecule has 0 aromatic carbocycles. The predicted octanol–water partition coefficient (Wildman–Crippen LogP) is 4.22. The van der Waals surface area contributed by atoms with Crippen LogP contribution in [0.1, 0.15) is 132 Å². The zero-order valence-corrected chi connectivity index (χ0v) is 37.4. The van der Waals surface area contributed by atoms with Crippen LogP contribution in [0.15, 0.2) is 24.3 Å². The van der Waals surface area contributed by atoms with E-state index >= 15 is 0 Å². The van der Waals surface area contributed by atoms with E-state index in [1.807, 2.05) is 26.0 Å². The van der Waals surface area contributed by atoms with Gasteiger partial charge in [-0.3, -0.25) is 0 Å². The minimum Gasteiger partial charge on any atom is -0.459 e. The number of aliphatic hydroxyl groups is 7. The molecule has 2 bridgehead atoms. The molecule has 0 saturated carbocycles. The number of hydrogen-bond acceptors (Lipinski definition) is 14.